The minimum Gasteiger partial charge on any atom is -0.444 e. The molecule has 0 fully saturated rings. The van der Waals surface area contributed by atoms with E-state index in [1.807, 2.05) is 41.5 Å². The van der Waals surface area contributed by atoms with E-state index in [1.54, 1.807) is 0 Å². The van der Waals surface area contributed by atoms with Gasteiger partial charge in [-0.05, 0) is 67.2 Å². The fourth-order valence-corrected chi connectivity index (χ4v) is 7.80. The van der Waals surface area contributed by atoms with Gasteiger partial charge in [0.25, 0.3) is 0 Å². The summed E-state index contributed by atoms with van der Waals surface area (Å²) in [6, 6.07) is 0. The van der Waals surface area contributed by atoms with Crippen molar-refractivity contribution in [2.24, 2.45) is 0 Å². The van der Waals surface area contributed by atoms with Crippen LogP contribution in [0.4, 0.5) is 9.59 Å². The minimum atomic E-state index is -0.538. The number of alkyl carbamates (subject to hydrolysis) is 2. The van der Waals surface area contributed by atoms with E-state index in [1.165, 1.54) is 141 Å². The van der Waals surface area contributed by atoms with Crippen LogP contribution in [0.1, 0.15) is 235 Å². The van der Waals surface area contributed by atoms with Gasteiger partial charge in [0.15, 0.2) is 0 Å². The number of nitrogens with one attached hydrogen (secondary N) is 2. The van der Waals surface area contributed by atoms with Crippen LogP contribution >= 0.6 is 0 Å². The summed E-state index contributed by atoms with van der Waals surface area (Å²) in [6.07, 6.45) is 37.1. The average Bonchev–Trinajstić information content (AvgIpc) is 3.19. The van der Waals surface area contributed by atoms with Gasteiger partial charge >= 0.3 is 12.2 Å². The van der Waals surface area contributed by atoms with Gasteiger partial charge in [-0.15, -0.1) is 0 Å². The van der Waals surface area contributed by atoms with Gasteiger partial charge in [-0.2, -0.15) is 0 Å². The highest BCUT2D eigenvalue weighted by atomic mass is 16.6. The summed E-state index contributed by atoms with van der Waals surface area (Å²) in [4.78, 5) is 29.0. The lowest BCUT2D eigenvalue weighted by molar-refractivity contribution is 0.0512. The maximum Gasteiger partial charge on any atom is 0.407 e. The van der Waals surface area contributed by atoms with Crippen molar-refractivity contribution < 1.29 is 29.3 Å². The second-order valence-electron chi connectivity index (χ2n) is 20.2. The zero-order chi connectivity index (χ0) is 46.2. The van der Waals surface area contributed by atoms with Crippen molar-refractivity contribution in [1.82, 2.24) is 20.4 Å². The number of ether oxygens (including phenoxy) is 2. The third-order valence-electron chi connectivity index (χ3n) is 11.3. The van der Waals surface area contributed by atoms with Gasteiger partial charge in [-0.1, -0.05) is 180 Å². The van der Waals surface area contributed by atoms with Crippen LogP contribution in [0, 0.1) is 0 Å². The van der Waals surface area contributed by atoms with Crippen LogP contribution in [0.15, 0.2) is 12.2 Å². The molecule has 0 aliphatic carbocycles. The first kappa shape index (κ1) is 60.1. The van der Waals surface area contributed by atoms with Gasteiger partial charge in [0.2, 0.25) is 0 Å². The van der Waals surface area contributed by atoms with E-state index in [0.717, 1.165) is 51.6 Å². The van der Waals surface area contributed by atoms with Crippen molar-refractivity contribution in [2.75, 3.05) is 52.4 Å². The van der Waals surface area contributed by atoms with Crippen molar-refractivity contribution in [3.8, 4) is 0 Å². The SMILES string of the molecule is CCCCCCCCCCCCCCC(O)CN(CC=CCN(CCCNC(=O)OC(C)(C)C)CC(O)CCCCCCCCCCCCCC)CCCNC(=O)OC(C)(C)C. The van der Waals surface area contributed by atoms with Gasteiger partial charge in [-0.25, -0.2) is 9.59 Å². The average molecular weight is 881 g/mol. The first-order chi connectivity index (χ1) is 29.6. The van der Waals surface area contributed by atoms with Crippen molar-refractivity contribution in [2.45, 2.75) is 259 Å². The molecule has 0 rings (SSSR count). The smallest absolute Gasteiger partial charge is 0.407 e. The molecular formula is C52H104N4O6. The largest absolute Gasteiger partial charge is 0.444 e. The van der Waals surface area contributed by atoms with E-state index < -0.39 is 35.6 Å². The zero-order valence-corrected chi connectivity index (χ0v) is 42.2. The number of aliphatic hydroxyl groups is 2. The molecule has 10 heteroatoms. The molecule has 0 aliphatic heterocycles. The first-order valence-corrected chi connectivity index (χ1v) is 26.0. The fourth-order valence-electron chi connectivity index (χ4n) is 7.80. The highest BCUT2D eigenvalue weighted by Gasteiger charge is 2.18. The monoisotopic (exact) mass is 881 g/mol. The third kappa shape index (κ3) is 44.7. The molecule has 10 nitrogen and oxygen atoms in total. The Morgan fingerprint density at radius 3 is 1.02 bits per heavy atom. The molecule has 2 atom stereocenters. The number of hydrogen-bond acceptors (Lipinski definition) is 8. The Balaban J connectivity index is 5.07. The first-order valence-electron chi connectivity index (χ1n) is 26.0. The Bertz CT molecular complexity index is 965. The number of carbonyl (C=O) groups is 2. The predicted molar refractivity (Wildman–Crippen MR) is 263 cm³/mol. The maximum atomic E-state index is 12.2. The number of rotatable bonds is 42. The molecule has 2 amide bonds. The van der Waals surface area contributed by atoms with Gasteiger partial charge < -0.3 is 30.3 Å². The Kier molecular flexibility index (Phi) is 39.4. The van der Waals surface area contributed by atoms with Crippen LogP contribution in [0.3, 0.4) is 0 Å². The van der Waals surface area contributed by atoms with E-state index in [4.69, 9.17) is 9.47 Å². The van der Waals surface area contributed by atoms with Crippen LogP contribution in [-0.2, 0) is 9.47 Å². The maximum absolute atomic E-state index is 12.2. The van der Waals surface area contributed by atoms with Crippen LogP contribution in [0.25, 0.3) is 0 Å². The number of nitrogens with zero attached hydrogens (tertiary/aromatic N) is 2. The van der Waals surface area contributed by atoms with Gasteiger partial charge in [0.05, 0.1) is 12.2 Å². The van der Waals surface area contributed by atoms with Crippen molar-refractivity contribution in [3.05, 3.63) is 12.2 Å². The quantitative estimate of drug-likeness (QED) is 0.0353. The molecule has 62 heavy (non-hydrogen) atoms. The van der Waals surface area contributed by atoms with Crippen LogP contribution in [-0.4, -0.2) is 108 Å². The summed E-state index contributed by atoms with van der Waals surface area (Å²) in [7, 11) is 0. The Morgan fingerprint density at radius 1 is 0.468 bits per heavy atom. The van der Waals surface area contributed by atoms with Crippen molar-refractivity contribution in [1.29, 1.82) is 0 Å². The fraction of sp³-hybridized carbons (Fsp3) is 0.923. The Labute approximate surface area is 383 Å². The van der Waals surface area contributed by atoms with Crippen LogP contribution < -0.4 is 10.6 Å². The number of unbranched alkanes of at least 4 members (excludes halogenated alkanes) is 22. The third-order valence-corrected chi connectivity index (χ3v) is 11.3. The molecule has 368 valence electrons. The lowest BCUT2D eigenvalue weighted by Gasteiger charge is -2.26. The number of hydrogen-bond donors (Lipinski definition) is 4. The minimum absolute atomic E-state index is 0.394. The second kappa shape index (κ2) is 40.6. The number of aliphatic hydroxyl groups excluding tert-OH is 2. The van der Waals surface area contributed by atoms with Gasteiger partial charge in [-0.3, -0.25) is 9.80 Å². The van der Waals surface area contributed by atoms with E-state index in [0.29, 0.717) is 39.3 Å². The van der Waals surface area contributed by atoms with E-state index in [9.17, 15) is 19.8 Å². The molecule has 0 aromatic rings. The molecule has 0 aliphatic rings. The summed E-state index contributed by atoms with van der Waals surface area (Å²) in [5, 5.41) is 27.9. The molecule has 0 bridgehead atoms. The van der Waals surface area contributed by atoms with Gasteiger partial charge in [0.1, 0.15) is 11.2 Å². The summed E-state index contributed by atoms with van der Waals surface area (Å²) in [6.45, 7) is 20.8. The molecule has 0 spiro atoms. The Morgan fingerprint density at radius 2 is 0.742 bits per heavy atom. The van der Waals surface area contributed by atoms with Crippen LogP contribution in [0.5, 0.6) is 0 Å². The highest BCUT2D eigenvalue weighted by molar-refractivity contribution is 5.67. The molecule has 0 aromatic carbocycles. The van der Waals surface area contributed by atoms with Crippen LogP contribution in [0.2, 0.25) is 0 Å². The molecule has 0 heterocycles. The second-order valence-corrected chi connectivity index (χ2v) is 20.2. The van der Waals surface area contributed by atoms with Crippen molar-refractivity contribution in [3.63, 3.8) is 0 Å². The lowest BCUT2D eigenvalue weighted by atomic mass is 10.0. The summed E-state index contributed by atoms with van der Waals surface area (Å²) >= 11 is 0. The highest BCUT2D eigenvalue weighted by Crippen LogP contribution is 2.16. The lowest BCUT2D eigenvalue weighted by Crippen LogP contribution is -2.37. The molecule has 0 aromatic heterocycles. The van der Waals surface area contributed by atoms with Crippen molar-refractivity contribution >= 4 is 12.2 Å². The summed E-state index contributed by atoms with van der Waals surface area (Å²) < 4.78 is 10.8. The topological polar surface area (TPSA) is 124 Å². The normalized spacial score (nSPS) is 13.3. The van der Waals surface area contributed by atoms with E-state index in [-0.39, 0.29) is 0 Å². The standard InChI is InChI=1S/C52H104N4O6/c1-9-11-13-15-17-19-21-23-25-27-29-31-37-47(57)45-55(43-35-39-53-49(59)61-51(3,4)5)41-33-34-42-56(44-36-40-54-50(60)62-52(6,7)8)46-48(58)38-32-30-28-26-24-22-20-18-16-14-12-10-2/h33-34,47-48,57-58H,9-32,35-46H2,1-8H3,(H,53,59)(H,54,60). The van der Waals surface area contributed by atoms with E-state index >= 15 is 0 Å². The number of amides is 2. The molecule has 0 radical (unpaired) electrons. The Hall–Kier alpha value is -1.88. The summed E-state index contributed by atoms with van der Waals surface area (Å²) in [5.41, 5.74) is -1.08. The summed E-state index contributed by atoms with van der Waals surface area (Å²) in [5.74, 6) is 0. The molecule has 2 unspecified atom stereocenters. The number of carbonyl (C=O) groups excluding carboxylic acids is 2. The predicted octanol–water partition coefficient (Wildman–Crippen LogP) is 12.9. The van der Waals surface area contributed by atoms with E-state index in [2.05, 4.69) is 46.4 Å². The zero-order valence-electron chi connectivity index (χ0n) is 42.2. The molecule has 0 saturated carbocycles. The van der Waals surface area contributed by atoms with Gasteiger partial charge in [0, 0.05) is 52.4 Å². The molecule has 0 saturated heterocycles. The molecular weight excluding hydrogens is 777 g/mol. The molecule has 4 N–H and O–H groups in total.